The zero-order valence-electron chi connectivity index (χ0n) is 12.8. The van der Waals surface area contributed by atoms with Gasteiger partial charge >= 0.3 is 0 Å². The number of hydrogen-bond donors (Lipinski definition) is 2. The van der Waals surface area contributed by atoms with E-state index in [1.165, 1.54) is 0 Å². The molecule has 1 aliphatic rings. The second-order valence-corrected chi connectivity index (χ2v) is 5.96. The molecule has 1 aromatic heterocycles. The smallest absolute Gasteiger partial charge is 0.225 e. The van der Waals surface area contributed by atoms with Crippen molar-refractivity contribution >= 4 is 22.6 Å². The number of nitrogens with one attached hydrogen (secondary N) is 1. The summed E-state index contributed by atoms with van der Waals surface area (Å²) in [5.74, 6) is 0.549. The Morgan fingerprint density at radius 1 is 1.36 bits per heavy atom. The van der Waals surface area contributed by atoms with Gasteiger partial charge in [0.1, 0.15) is 5.82 Å². The molecular weight excluding hydrogens is 278 g/mol. The molecule has 0 bridgehead atoms. The minimum Gasteiger partial charge on any atom is -0.381 e. The molecule has 1 fully saturated rings. The molecule has 2 heterocycles. The van der Waals surface area contributed by atoms with Crippen LogP contribution in [0.4, 0.5) is 5.82 Å². The van der Waals surface area contributed by atoms with Crippen molar-refractivity contribution in [1.82, 2.24) is 4.98 Å². The first-order valence-electron chi connectivity index (χ1n) is 7.59. The van der Waals surface area contributed by atoms with Gasteiger partial charge in [-0.25, -0.2) is 4.98 Å². The van der Waals surface area contributed by atoms with Crippen molar-refractivity contribution in [2.24, 2.45) is 11.1 Å². The molecule has 0 aliphatic carbocycles. The summed E-state index contributed by atoms with van der Waals surface area (Å²) in [7, 11) is 0. The van der Waals surface area contributed by atoms with E-state index in [-0.39, 0.29) is 5.91 Å². The molecule has 1 saturated heterocycles. The van der Waals surface area contributed by atoms with Gasteiger partial charge in [0.05, 0.1) is 10.9 Å². The standard InChI is InChI=1S/C17H21N3O2/c1-12-10-13-4-2-3-5-14(13)20-15(12)19-11-17(16(18)21)6-8-22-9-7-17/h2-5,10H,6-9,11H2,1H3,(H2,18,21)(H,19,20). The van der Waals surface area contributed by atoms with Crippen molar-refractivity contribution in [3.63, 3.8) is 0 Å². The van der Waals surface area contributed by atoms with Crippen molar-refractivity contribution in [3.05, 3.63) is 35.9 Å². The fourth-order valence-electron chi connectivity index (χ4n) is 2.93. The highest BCUT2D eigenvalue weighted by Gasteiger charge is 2.38. The maximum Gasteiger partial charge on any atom is 0.225 e. The zero-order chi connectivity index (χ0) is 15.6. The summed E-state index contributed by atoms with van der Waals surface area (Å²) in [5, 5.41) is 4.44. The summed E-state index contributed by atoms with van der Waals surface area (Å²) >= 11 is 0. The molecule has 3 N–H and O–H groups in total. The first-order chi connectivity index (χ1) is 10.6. The van der Waals surface area contributed by atoms with Crippen LogP contribution in [-0.2, 0) is 9.53 Å². The molecule has 116 valence electrons. The number of anilines is 1. The maximum atomic E-state index is 11.9. The third kappa shape index (κ3) is 2.76. The average molecular weight is 299 g/mol. The zero-order valence-corrected chi connectivity index (χ0v) is 12.8. The topological polar surface area (TPSA) is 77.2 Å². The van der Waals surface area contributed by atoms with Crippen molar-refractivity contribution in [3.8, 4) is 0 Å². The molecule has 0 atom stereocenters. The Hall–Kier alpha value is -2.14. The minimum atomic E-state index is -0.544. The van der Waals surface area contributed by atoms with Gasteiger partial charge in [0, 0.05) is 25.1 Å². The number of ether oxygens (including phenoxy) is 1. The predicted molar refractivity (Wildman–Crippen MR) is 86.7 cm³/mol. The predicted octanol–water partition coefficient (Wildman–Crippen LogP) is 2.24. The summed E-state index contributed by atoms with van der Waals surface area (Å²) in [6.07, 6.45) is 1.31. The van der Waals surface area contributed by atoms with Crippen molar-refractivity contribution in [2.75, 3.05) is 25.1 Å². The Balaban J connectivity index is 1.83. The Labute approximate surface area is 129 Å². The highest BCUT2D eigenvalue weighted by molar-refractivity contribution is 5.83. The molecule has 1 aliphatic heterocycles. The first kappa shape index (κ1) is 14.8. The van der Waals surface area contributed by atoms with Crippen LogP contribution in [0.5, 0.6) is 0 Å². The van der Waals surface area contributed by atoms with E-state index in [1.807, 2.05) is 31.2 Å². The highest BCUT2D eigenvalue weighted by Crippen LogP contribution is 2.31. The Morgan fingerprint density at radius 2 is 2.09 bits per heavy atom. The van der Waals surface area contributed by atoms with Crippen LogP contribution in [0.1, 0.15) is 18.4 Å². The van der Waals surface area contributed by atoms with Crippen molar-refractivity contribution in [1.29, 1.82) is 0 Å². The quantitative estimate of drug-likeness (QED) is 0.907. The number of aromatic nitrogens is 1. The van der Waals surface area contributed by atoms with Gasteiger partial charge < -0.3 is 15.8 Å². The molecule has 0 saturated carbocycles. The molecule has 0 radical (unpaired) electrons. The van der Waals surface area contributed by atoms with Gasteiger partial charge in [-0.15, -0.1) is 0 Å². The van der Waals surface area contributed by atoms with Crippen LogP contribution in [0.25, 0.3) is 10.9 Å². The van der Waals surface area contributed by atoms with E-state index in [2.05, 4.69) is 16.4 Å². The minimum absolute atomic E-state index is 0.262. The maximum absolute atomic E-state index is 11.9. The summed E-state index contributed by atoms with van der Waals surface area (Å²) in [6, 6.07) is 10.1. The lowest BCUT2D eigenvalue weighted by molar-refractivity contribution is -0.132. The Morgan fingerprint density at radius 3 is 2.82 bits per heavy atom. The number of carbonyl (C=O) groups excluding carboxylic acids is 1. The van der Waals surface area contributed by atoms with E-state index in [0.29, 0.717) is 32.6 Å². The van der Waals surface area contributed by atoms with Gasteiger partial charge in [0.25, 0.3) is 0 Å². The molecule has 3 rings (SSSR count). The summed E-state index contributed by atoms with van der Waals surface area (Å²) in [4.78, 5) is 16.6. The number of benzene rings is 1. The molecule has 0 unspecified atom stereocenters. The monoisotopic (exact) mass is 299 g/mol. The molecule has 2 aromatic rings. The van der Waals surface area contributed by atoms with Gasteiger partial charge in [-0.2, -0.15) is 0 Å². The SMILES string of the molecule is Cc1cc2ccccc2nc1NCC1(C(N)=O)CCOCC1. The van der Waals surface area contributed by atoms with E-state index >= 15 is 0 Å². The summed E-state index contributed by atoms with van der Waals surface area (Å²) in [5.41, 5.74) is 7.10. The van der Waals surface area contributed by atoms with Crippen LogP contribution in [0, 0.1) is 12.3 Å². The Kier molecular flexibility index (Phi) is 3.98. The summed E-state index contributed by atoms with van der Waals surface area (Å²) < 4.78 is 5.36. The van der Waals surface area contributed by atoms with Gasteiger partial charge in [-0.1, -0.05) is 18.2 Å². The molecule has 0 spiro atoms. The van der Waals surface area contributed by atoms with Gasteiger partial charge in [-0.05, 0) is 37.5 Å². The number of nitrogens with zero attached hydrogens (tertiary/aromatic N) is 1. The Bertz CT molecular complexity index is 693. The number of nitrogens with two attached hydrogens (primary N) is 1. The van der Waals surface area contributed by atoms with Crippen LogP contribution >= 0.6 is 0 Å². The van der Waals surface area contributed by atoms with Crippen LogP contribution in [0.15, 0.2) is 30.3 Å². The molecule has 5 nitrogen and oxygen atoms in total. The lowest BCUT2D eigenvalue weighted by atomic mass is 9.79. The third-order valence-corrected chi connectivity index (χ3v) is 4.48. The van der Waals surface area contributed by atoms with E-state index in [0.717, 1.165) is 22.3 Å². The van der Waals surface area contributed by atoms with Gasteiger partial charge in [0.15, 0.2) is 0 Å². The average Bonchev–Trinajstić information content (AvgIpc) is 2.53. The number of rotatable bonds is 4. The fourth-order valence-corrected chi connectivity index (χ4v) is 2.93. The van der Waals surface area contributed by atoms with Crippen LogP contribution in [-0.4, -0.2) is 30.6 Å². The van der Waals surface area contributed by atoms with Crippen LogP contribution < -0.4 is 11.1 Å². The lowest BCUT2D eigenvalue weighted by Gasteiger charge is -2.34. The number of primary amides is 1. The van der Waals surface area contributed by atoms with Gasteiger partial charge in [-0.3, -0.25) is 4.79 Å². The largest absolute Gasteiger partial charge is 0.381 e. The number of amides is 1. The molecule has 1 amide bonds. The number of hydrogen-bond acceptors (Lipinski definition) is 4. The number of pyridine rings is 1. The molecule has 5 heteroatoms. The molecule has 1 aromatic carbocycles. The van der Waals surface area contributed by atoms with E-state index < -0.39 is 5.41 Å². The molecular formula is C17H21N3O2. The first-order valence-corrected chi connectivity index (χ1v) is 7.59. The van der Waals surface area contributed by atoms with Crippen molar-refractivity contribution in [2.45, 2.75) is 19.8 Å². The lowest BCUT2D eigenvalue weighted by Crippen LogP contribution is -2.46. The number of fused-ring (bicyclic) bond motifs is 1. The highest BCUT2D eigenvalue weighted by atomic mass is 16.5. The van der Waals surface area contributed by atoms with Crippen LogP contribution in [0.2, 0.25) is 0 Å². The number of carbonyl (C=O) groups is 1. The number of para-hydroxylation sites is 1. The van der Waals surface area contributed by atoms with Crippen molar-refractivity contribution < 1.29 is 9.53 Å². The third-order valence-electron chi connectivity index (χ3n) is 4.48. The second-order valence-electron chi connectivity index (χ2n) is 5.96. The fraction of sp³-hybridized carbons (Fsp3) is 0.412. The van der Waals surface area contributed by atoms with Gasteiger partial charge in [0.2, 0.25) is 5.91 Å². The van der Waals surface area contributed by atoms with E-state index in [9.17, 15) is 4.79 Å². The second kappa shape index (κ2) is 5.93. The summed E-state index contributed by atoms with van der Waals surface area (Å²) in [6.45, 7) is 3.67. The van der Waals surface area contributed by atoms with E-state index in [4.69, 9.17) is 10.5 Å². The number of aryl methyl sites for hydroxylation is 1. The normalized spacial score (nSPS) is 17.3. The van der Waals surface area contributed by atoms with E-state index in [1.54, 1.807) is 0 Å². The molecule has 22 heavy (non-hydrogen) atoms. The van der Waals surface area contributed by atoms with Crippen LogP contribution in [0.3, 0.4) is 0 Å².